The van der Waals surface area contributed by atoms with Crippen LogP contribution in [-0.2, 0) is 22.7 Å². The number of aromatic nitrogens is 3. The molecule has 2 aromatic heterocycles. The number of nitrogens with one attached hydrogen (secondary N) is 2. The van der Waals surface area contributed by atoms with Crippen molar-refractivity contribution >= 4 is 29.4 Å². The van der Waals surface area contributed by atoms with Gasteiger partial charge in [-0.05, 0) is 86.5 Å². The van der Waals surface area contributed by atoms with Crippen LogP contribution < -0.4 is 15.5 Å². The van der Waals surface area contributed by atoms with Crippen LogP contribution >= 0.6 is 0 Å². The third-order valence-electron chi connectivity index (χ3n) is 10.3. The van der Waals surface area contributed by atoms with E-state index in [2.05, 4.69) is 68.5 Å². The minimum atomic E-state index is -0.612. The lowest BCUT2D eigenvalue weighted by Gasteiger charge is -2.34. The third kappa shape index (κ3) is 6.86. The summed E-state index contributed by atoms with van der Waals surface area (Å²) in [7, 11) is 0. The summed E-state index contributed by atoms with van der Waals surface area (Å²) in [6.45, 7) is 9.57. The van der Waals surface area contributed by atoms with Crippen LogP contribution in [0.3, 0.4) is 0 Å². The number of anilines is 2. The predicted octanol–water partition coefficient (Wildman–Crippen LogP) is 4.22. The van der Waals surface area contributed by atoms with Gasteiger partial charge in [0.15, 0.2) is 0 Å². The molecule has 1 atom stereocenters. The number of hydrogen-bond donors (Lipinski definition) is 2. The Hall–Kier alpha value is -4.38. The van der Waals surface area contributed by atoms with Gasteiger partial charge in [-0.3, -0.25) is 29.6 Å². The van der Waals surface area contributed by atoms with E-state index in [0.29, 0.717) is 36.4 Å². The maximum Gasteiger partial charge on any atom is 0.256 e. The molecule has 1 aromatic carbocycles. The molecule has 3 saturated heterocycles. The Bertz CT molecular complexity index is 1610. The van der Waals surface area contributed by atoms with Gasteiger partial charge in [-0.25, -0.2) is 9.97 Å². The van der Waals surface area contributed by atoms with Crippen molar-refractivity contribution in [1.29, 1.82) is 0 Å². The monoisotopic (exact) mass is 636 g/mol. The number of imide groups is 1. The Morgan fingerprint density at radius 3 is 2.30 bits per heavy atom. The molecular weight excluding hydrogens is 592 g/mol. The molecule has 4 aliphatic heterocycles. The molecule has 0 radical (unpaired) electrons. The van der Waals surface area contributed by atoms with Gasteiger partial charge in [0, 0.05) is 61.8 Å². The van der Waals surface area contributed by atoms with E-state index >= 15 is 0 Å². The first-order valence-electron chi connectivity index (χ1n) is 17.1. The standard InChI is InChI=1S/C36H44N8O3/c1-23(2)26-19-37-36(38-20-26)39-27-13-17-43(18-14-27)28-5-3-24(4-6-28)21-42-15-11-25(12-16-42)30-8-7-29-31(40-30)22-44(35(29)47)32-9-10-33(45)41-34(32)46/h3-8,19-20,23,25,27,32H,9-18,21-22H2,1-2H3,(H,37,38,39)(H,41,45,46). The molecule has 0 saturated carbocycles. The fourth-order valence-corrected chi connectivity index (χ4v) is 7.31. The molecule has 11 heteroatoms. The van der Waals surface area contributed by atoms with Gasteiger partial charge in [0.1, 0.15) is 6.04 Å². The van der Waals surface area contributed by atoms with Crippen molar-refractivity contribution in [3.8, 4) is 0 Å². The number of hydrogen-bond acceptors (Lipinski definition) is 9. The van der Waals surface area contributed by atoms with Gasteiger partial charge in [0.05, 0.1) is 17.8 Å². The molecule has 2 N–H and O–H groups in total. The van der Waals surface area contributed by atoms with Crippen molar-refractivity contribution in [3.63, 3.8) is 0 Å². The smallest absolute Gasteiger partial charge is 0.256 e. The van der Waals surface area contributed by atoms with Gasteiger partial charge in [-0.15, -0.1) is 0 Å². The highest BCUT2D eigenvalue weighted by Crippen LogP contribution is 2.32. The summed E-state index contributed by atoms with van der Waals surface area (Å²) >= 11 is 0. The fraction of sp³-hybridized carbons (Fsp3) is 0.500. The first kappa shape index (κ1) is 31.2. The van der Waals surface area contributed by atoms with E-state index in [1.54, 1.807) is 4.90 Å². The average Bonchev–Trinajstić information content (AvgIpc) is 3.41. The van der Waals surface area contributed by atoms with Gasteiger partial charge < -0.3 is 15.1 Å². The maximum atomic E-state index is 13.0. The minimum Gasteiger partial charge on any atom is -0.371 e. The molecule has 11 nitrogen and oxygen atoms in total. The lowest BCUT2D eigenvalue weighted by atomic mass is 9.92. The second-order valence-electron chi connectivity index (χ2n) is 13.7. The van der Waals surface area contributed by atoms with E-state index in [9.17, 15) is 14.4 Å². The molecule has 1 unspecified atom stereocenters. The Morgan fingerprint density at radius 1 is 0.894 bits per heavy atom. The molecule has 246 valence electrons. The predicted molar refractivity (Wildman–Crippen MR) is 179 cm³/mol. The highest BCUT2D eigenvalue weighted by molar-refractivity contribution is 6.05. The Labute approximate surface area is 276 Å². The number of piperidine rings is 3. The minimum absolute atomic E-state index is 0.172. The quantitative estimate of drug-likeness (QED) is 0.350. The molecule has 0 spiro atoms. The summed E-state index contributed by atoms with van der Waals surface area (Å²) in [4.78, 5) is 57.5. The van der Waals surface area contributed by atoms with Crippen molar-refractivity contribution in [2.24, 2.45) is 0 Å². The van der Waals surface area contributed by atoms with Crippen molar-refractivity contribution in [1.82, 2.24) is 30.1 Å². The number of fused-ring (bicyclic) bond motifs is 1. The number of carbonyl (C=O) groups excluding carboxylic acids is 3. The van der Waals surface area contributed by atoms with Crippen LogP contribution in [0.15, 0.2) is 48.8 Å². The maximum absolute atomic E-state index is 13.0. The largest absolute Gasteiger partial charge is 0.371 e. The van der Waals surface area contributed by atoms with E-state index in [1.165, 1.54) is 11.3 Å². The number of carbonyl (C=O) groups is 3. The highest BCUT2D eigenvalue weighted by Gasteiger charge is 2.40. The average molecular weight is 637 g/mol. The normalized spacial score (nSPS) is 21.3. The number of benzene rings is 1. The molecular formula is C36H44N8O3. The van der Waals surface area contributed by atoms with Crippen LogP contribution in [-0.4, -0.2) is 80.7 Å². The zero-order valence-corrected chi connectivity index (χ0v) is 27.3. The van der Waals surface area contributed by atoms with Crippen LogP contribution in [0.25, 0.3) is 0 Å². The summed E-state index contributed by atoms with van der Waals surface area (Å²) in [6.07, 6.45) is 8.61. The zero-order chi connectivity index (χ0) is 32.5. The number of likely N-dealkylation sites (tertiary alicyclic amines) is 1. The van der Waals surface area contributed by atoms with E-state index in [1.807, 2.05) is 24.5 Å². The van der Waals surface area contributed by atoms with Gasteiger partial charge >= 0.3 is 0 Å². The van der Waals surface area contributed by atoms with E-state index in [0.717, 1.165) is 81.3 Å². The van der Waals surface area contributed by atoms with Crippen LogP contribution in [0.1, 0.15) is 97.1 Å². The summed E-state index contributed by atoms with van der Waals surface area (Å²) in [6, 6.07) is 12.7. The number of pyridine rings is 1. The highest BCUT2D eigenvalue weighted by atomic mass is 16.2. The fourth-order valence-electron chi connectivity index (χ4n) is 7.31. The Balaban J connectivity index is 0.870. The van der Waals surface area contributed by atoms with Gasteiger partial charge in [0.2, 0.25) is 17.8 Å². The number of rotatable bonds is 8. The molecule has 47 heavy (non-hydrogen) atoms. The molecule has 3 fully saturated rings. The lowest BCUT2D eigenvalue weighted by molar-refractivity contribution is -0.136. The molecule has 4 aliphatic rings. The third-order valence-corrected chi connectivity index (χ3v) is 10.3. The molecule has 0 aliphatic carbocycles. The van der Waals surface area contributed by atoms with E-state index < -0.39 is 11.9 Å². The van der Waals surface area contributed by atoms with Gasteiger partial charge in [0.25, 0.3) is 5.91 Å². The van der Waals surface area contributed by atoms with Gasteiger partial charge in [-0.2, -0.15) is 0 Å². The Kier molecular flexibility index (Phi) is 8.90. The van der Waals surface area contributed by atoms with E-state index in [4.69, 9.17) is 4.98 Å². The summed E-state index contributed by atoms with van der Waals surface area (Å²) in [5.41, 5.74) is 6.11. The number of nitrogens with zero attached hydrogens (tertiary/aromatic N) is 6. The lowest BCUT2D eigenvalue weighted by Crippen LogP contribution is -2.52. The molecule has 6 heterocycles. The second-order valence-corrected chi connectivity index (χ2v) is 13.7. The molecule has 7 rings (SSSR count). The first-order valence-corrected chi connectivity index (χ1v) is 17.1. The molecule has 0 bridgehead atoms. The summed E-state index contributed by atoms with van der Waals surface area (Å²) < 4.78 is 0. The van der Waals surface area contributed by atoms with Crippen LogP contribution in [0, 0.1) is 0 Å². The topological polar surface area (TPSA) is 124 Å². The first-order chi connectivity index (χ1) is 22.8. The van der Waals surface area contributed by atoms with Crippen LogP contribution in [0.2, 0.25) is 0 Å². The van der Waals surface area contributed by atoms with Crippen LogP contribution in [0.4, 0.5) is 11.6 Å². The summed E-state index contributed by atoms with van der Waals surface area (Å²) in [5.74, 6) is 0.663. The SMILES string of the molecule is CC(C)c1cnc(NC2CCN(c3ccc(CN4CCC(c5ccc6c(n5)CN(C5CCC(=O)NC5=O)C6=O)CC4)cc3)CC2)nc1. The van der Waals surface area contributed by atoms with Crippen molar-refractivity contribution < 1.29 is 14.4 Å². The van der Waals surface area contributed by atoms with Crippen molar-refractivity contribution in [2.45, 2.75) is 89.4 Å². The summed E-state index contributed by atoms with van der Waals surface area (Å²) in [5, 5.41) is 5.88. The van der Waals surface area contributed by atoms with E-state index in [-0.39, 0.29) is 18.2 Å². The Morgan fingerprint density at radius 2 is 1.62 bits per heavy atom. The van der Waals surface area contributed by atoms with Crippen LogP contribution in [0.5, 0.6) is 0 Å². The van der Waals surface area contributed by atoms with Crippen molar-refractivity contribution in [3.05, 3.63) is 76.9 Å². The number of amides is 3. The molecule has 3 amide bonds. The second kappa shape index (κ2) is 13.4. The molecule has 3 aromatic rings. The van der Waals surface area contributed by atoms with Gasteiger partial charge in [-0.1, -0.05) is 26.0 Å². The zero-order valence-electron chi connectivity index (χ0n) is 27.3. The van der Waals surface area contributed by atoms with Crippen molar-refractivity contribution in [2.75, 3.05) is 36.4 Å².